The average molecular weight is 591 g/mol. The normalized spacial score (nSPS) is 12.1. The molecule has 0 radical (unpaired) electrons. The molecule has 0 spiro atoms. The number of phenolic OH excluding ortho intramolecular Hbond substituents is 1. The molecule has 1 atom stereocenters. The van der Waals surface area contributed by atoms with Crippen molar-refractivity contribution in [2.45, 2.75) is 103 Å². The van der Waals surface area contributed by atoms with Gasteiger partial charge in [-0.1, -0.05) is 89.3 Å². The van der Waals surface area contributed by atoms with Crippen LogP contribution in [0.3, 0.4) is 0 Å². The molecule has 2 aromatic carbocycles. The molecule has 2 rings (SSSR count). The third kappa shape index (κ3) is 16.7. The number of carbonyl (C=O) groups is 1. The van der Waals surface area contributed by atoms with Gasteiger partial charge in [0.25, 0.3) is 0 Å². The standard InChI is InChI=1S/C37H54N2O4/c1-3-5-7-9-11-12-13-15-16-26-42-35-20-18-32(19-21-35)34(31-40)30-39-25-24-38-29-33-28-36(22-23-37(33)41)43-27-17-14-10-8-6-4-2/h3,18-23,28-31,34,41H,1,4-17,24-27H2,2H3. The Balaban J connectivity index is 1.66. The minimum absolute atomic E-state index is 0.165. The number of benzene rings is 2. The lowest BCUT2D eigenvalue weighted by atomic mass is 10.0. The van der Waals surface area contributed by atoms with Crippen LogP contribution in [0.15, 0.2) is 65.1 Å². The predicted octanol–water partition coefficient (Wildman–Crippen LogP) is 9.29. The second-order valence-electron chi connectivity index (χ2n) is 11.1. The summed E-state index contributed by atoms with van der Waals surface area (Å²) in [6.45, 7) is 8.28. The molecule has 2 aromatic rings. The molecule has 0 saturated carbocycles. The molecule has 6 nitrogen and oxygen atoms in total. The summed E-state index contributed by atoms with van der Waals surface area (Å²) in [7, 11) is 0. The number of aromatic hydroxyl groups is 1. The molecule has 0 aliphatic rings. The Labute approximate surface area is 260 Å². The maximum atomic E-state index is 11.7. The molecular weight excluding hydrogens is 536 g/mol. The Morgan fingerprint density at radius 3 is 2.00 bits per heavy atom. The Morgan fingerprint density at radius 2 is 1.35 bits per heavy atom. The SMILES string of the molecule is C=CCCCCCCCCCOc1ccc(C(C=O)C=NCCN=Cc2cc(OCCCCCCCC)ccc2O)cc1. The number of allylic oxidation sites excluding steroid dienone is 1. The van der Waals surface area contributed by atoms with E-state index in [0.29, 0.717) is 31.9 Å². The van der Waals surface area contributed by atoms with E-state index in [4.69, 9.17) is 9.47 Å². The molecule has 0 bridgehead atoms. The number of unbranched alkanes of at least 4 members (excludes halogenated alkanes) is 12. The van der Waals surface area contributed by atoms with E-state index in [-0.39, 0.29) is 5.75 Å². The van der Waals surface area contributed by atoms with Crippen LogP contribution in [0.1, 0.15) is 114 Å². The van der Waals surface area contributed by atoms with Crippen LogP contribution in [0.4, 0.5) is 0 Å². The summed E-state index contributed by atoms with van der Waals surface area (Å²) in [5, 5.41) is 10.2. The molecule has 0 amide bonds. The highest BCUT2D eigenvalue weighted by Crippen LogP contribution is 2.22. The van der Waals surface area contributed by atoms with Gasteiger partial charge in [0, 0.05) is 18.0 Å². The fraction of sp³-hybridized carbons (Fsp3) is 0.541. The van der Waals surface area contributed by atoms with Crippen LogP contribution in [0, 0.1) is 0 Å². The number of rotatable bonds is 26. The minimum Gasteiger partial charge on any atom is -0.507 e. The summed E-state index contributed by atoms with van der Waals surface area (Å²) < 4.78 is 11.7. The van der Waals surface area contributed by atoms with Crippen LogP contribution in [0.25, 0.3) is 0 Å². The average Bonchev–Trinajstić information content (AvgIpc) is 3.03. The van der Waals surface area contributed by atoms with Crippen LogP contribution < -0.4 is 9.47 Å². The van der Waals surface area contributed by atoms with Crippen molar-refractivity contribution in [1.29, 1.82) is 0 Å². The predicted molar refractivity (Wildman–Crippen MR) is 181 cm³/mol. The maximum absolute atomic E-state index is 11.7. The van der Waals surface area contributed by atoms with E-state index in [9.17, 15) is 9.90 Å². The van der Waals surface area contributed by atoms with E-state index in [1.54, 1.807) is 24.6 Å². The molecule has 0 heterocycles. The topological polar surface area (TPSA) is 80.5 Å². The zero-order chi connectivity index (χ0) is 30.8. The second kappa shape index (κ2) is 24.1. The number of hydrogen-bond acceptors (Lipinski definition) is 6. The lowest BCUT2D eigenvalue weighted by Gasteiger charge is -2.09. The van der Waals surface area contributed by atoms with Gasteiger partial charge in [0.05, 0.1) is 32.2 Å². The van der Waals surface area contributed by atoms with Crippen molar-refractivity contribution in [3.8, 4) is 17.2 Å². The van der Waals surface area contributed by atoms with Gasteiger partial charge < -0.3 is 19.4 Å². The van der Waals surface area contributed by atoms with E-state index >= 15 is 0 Å². The highest BCUT2D eigenvalue weighted by Gasteiger charge is 2.08. The molecule has 0 aliphatic carbocycles. The van der Waals surface area contributed by atoms with E-state index < -0.39 is 5.92 Å². The van der Waals surface area contributed by atoms with Gasteiger partial charge in [0.1, 0.15) is 23.5 Å². The van der Waals surface area contributed by atoms with E-state index in [0.717, 1.165) is 42.6 Å². The maximum Gasteiger partial charge on any atom is 0.132 e. The Morgan fingerprint density at radius 1 is 0.767 bits per heavy atom. The van der Waals surface area contributed by atoms with Gasteiger partial charge in [-0.3, -0.25) is 9.98 Å². The zero-order valence-corrected chi connectivity index (χ0v) is 26.4. The van der Waals surface area contributed by atoms with Crippen molar-refractivity contribution in [2.75, 3.05) is 26.3 Å². The molecule has 0 saturated heterocycles. The molecule has 43 heavy (non-hydrogen) atoms. The summed E-state index contributed by atoms with van der Waals surface area (Å²) in [5.41, 5.74) is 1.50. The van der Waals surface area contributed by atoms with E-state index in [1.165, 1.54) is 70.6 Å². The van der Waals surface area contributed by atoms with Gasteiger partial charge in [-0.15, -0.1) is 6.58 Å². The summed E-state index contributed by atoms with van der Waals surface area (Å²) >= 11 is 0. The number of aldehydes is 1. The Kier molecular flexibility index (Phi) is 20.0. The zero-order valence-electron chi connectivity index (χ0n) is 26.4. The van der Waals surface area contributed by atoms with Gasteiger partial charge in [0.15, 0.2) is 0 Å². The summed E-state index contributed by atoms with van der Waals surface area (Å²) in [6, 6.07) is 12.9. The molecular formula is C37H54N2O4. The number of aliphatic imine (C=N–C) groups is 2. The van der Waals surface area contributed by atoms with Crippen molar-refractivity contribution < 1.29 is 19.4 Å². The number of phenols is 1. The first-order valence-corrected chi connectivity index (χ1v) is 16.4. The van der Waals surface area contributed by atoms with Crippen LogP contribution in [-0.4, -0.2) is 50.1 Å². The second-order valence-corrected chi connectivity index (χ2v) is 11.1. The van der Waals surface area contributed by atoms with Crippen LogP contribution in [-0.2, 0) is 4.79 Å². The van der Waals surface area contributed by atoms with Crippen LogP contribution >= 0.6 is 0 Å². The first kappa shape index (κ1) is 35.8. The molecule has 1 unspecified atom stereocenters. The number of ether oxygens (including phenoxy) is 2. The van der Waals surface area contributed by atoms with Gasteiger partial charge in [-0.25, -0.2) is 0 Å². The quantitative estimate of drug-likeness (QED) is 0.0512. The molecule has 6 heteroatoms. The van der Waals surface area contributed by atoms with Gasteiger partial charge in [0.2, 0.25) is 0 Å². The lowest BCUT2D eigenvalue weighted by Crippen LogP contribution is -2.03. The Bertz CT molecular complexity index is 1060. The fourth-order valence-electron chi connectivity index (χ4n) is 4.72. The molecule has 0 aliphatic heterocycles. The third-order valence-corrected chi connectivity index (χ3v) is 7.35. The van der Waals surface area contributed by atoms with Crippen molar-refractivity contribution in [3.63, 3.8) is 0 Å². The highest BCUT2D eigenvalue weighted by molar-refractivity contribution is 5.88. The number of carbonyl (C=O) groups excluding carboxylic acids is 1. The largest absolute Gasteiger partial charge is 0.507 e. The van der Waals surface area contributed by atoms with E-state index in [1.807, 2.05) is 36.4 Å². The highest BCUT2D eigenvalue weighted by atomic mass is 16.5. The van der Waals surface area contributed by atoms with Crippen molar-refractivity contribution in [2.24, 2.45) is 9.98 Å². The smallest absolute Gasteiger partial charge is 0.132 e. The van der Waals surface area contributed by atoms with Gasteiger partial charge in [-0.05, 0) is 61.6 Å². The molecule has 0 fully saturated rings. The summed E-state index contributed by atoms with van der Waals surface area (Å²) in [5.74, 6) is 1.31. The van der Waals surface area contributed by atoms with Crippen molar-refractivity contribution >= 4 is 18.7 Å². The first-order valence-electron chi connectivity index (χ1n) is 16.4. The summed E-state index contributed by atoms with van der Waals surface area (Å²) in [6.07, 6.45) is 23.3. The van der Waals surface area contributed by atoms with Gasteiger partial charge in [-0.2, -0.15) is 0 Å². The number of nitrogens with zero attached hydrogens (tertiary/aromatic N) is 2. The molecule has 1 N–H and O–H groups in total. The summed E-state index contributed by atoms with van der Waals surface area (Å²) in [4.78, 5) is 20.5. The lowest BCUT2D eigenvalue weighted by molar-refractivity contribution is -0.107. The first-order chi connectivity index (χ1) is 21.2. The minimum atomic E-state index is -0.408. The van der Waals surface area contributed by atoms with Crippen molar-refractivity contribution in [1.82, 2.24) is 0 Å². The van der Waals surface area contributed by atoms with Crippen LogP contribution in [0.2, 0.25) is 0 Å². The van der Waals surface area contributed by atoms with Crippen molar-refractivity contribution in [3.05, 3.63) is 66.2 Å². The number of hydrogen-bond donors (Lipinski definition) is 1. The molecule has 236 valence electrons. The monoisotopic (exact) mass is 590 g/mol. The fourth-order valence-corrected chi connectivity index (χ4v) is 4.72. The van der Waals surface area contributed by atoms with Crippen LogP contribution in [0.5, 0.6) is 17.2 Å². The Hall–Kier alpha value is -3.41. The third-order valence-electron chi connectivity index (χ3n) is 7.35. The molecule has 0 aromatic heterocycles. The van der Waals surface area contributed by atoms with Gasteiger partial charge >= 0.3 is 0 Å². The van der Waals surface area contributed by atoms with E-state index in [2.05, 4.69) is 23.5 Å².